The molecule has 0 aliphatic heterocycles. The van der Waals surface area contributed by atoms with Gasteiger partial charge in [0, 0.05) is 16.5 Å². The van der Waals surface area contributed by atoms with Gasteiger partial charge in [0.2, 0.25) is 0 Å². The van der Waals surface area contributed by atoms with E-state index in [0.717, 1.165) is 10.0 Å². The van der Waals surface area contributed by atoms with Crippen LogP contribution in [0.25, 0.3) is 5.65 Å². The molecule has 0 spiro atoms. The molecule has 2 heterocycles. The first kappa shape index (κ1) is 17.7. The highest BCUT2D eigenvalue weighted by molar-refractivity contribution is 9.10. The quantitative estimate of drug-likeness (QED) is 0.581. The first-order valence-electron chi connectivity index (χ1n) is 7.57. The van der Waals surface area contributed by atoms with E-state index in [2.05, 4.69) is 26.0 Å². The van der Waals surface area contributed by atoms with E-state index < -0.39 is 5.97 Å². The van der Waals surface area contributed by atoms with Gasteiger partial charge in [-0.15, -0.1) is 0 Å². The van der Waals surface area contributed by atoms with Gasteiger partial charge in [-0.25, -0.2) is 14.3 Å². The second-order valence-corrected chi connectivity index (χ2v) is 6.49. The Labute approximate surface area is 157 Å². The Kier molecular flexibility index (Phi) is 5.24. The molecule has 3 rings (SSSR count). The van der Waals surface area contributed by atoms with Crippen molar-refractivity contribution in [2.24, 2.45) is 0 Å². The second kappa shape index (κ2) is 7.41. The summed E-state index contributed by atoms with van der Waals surface area (Å²) in [5.74, 6) is 0.211. The lowest BCUT2D eigenvalue weighted by Crippen LogP contribution is -2.10. The number of halogens is 2. The van der Waals surface area contributed by atoms with Crippen molar-refractivity contribution in [3.05, 3.63) is 56.9 Å². The predicted octanol–water partition coefficient (Wildman–Crippen LogP) is 3.92. The Hall–Kier alpha value is -2.12. The van der Waals surface area contributed by atoms with Gasteiger partial charge >= 0.3 is 5.97 Å². The topological polar surface area (TPSA) is 65.7 Å². The number of rotatable bonds is 5. The number of methoxy groups -OCH3 is 1. The molecular weight excluding hydrogens is 410 g/mol. The lowest BCUT2D eigenvalue weighted by Gasteiger charge is -2.10. The van der Waals surface area contributed by atoms with E-state index >= 15 is 0 Å². The Balaban J connectivity index is 2.16. The van der Waals surface area contributed by atoms with Gasteiger partial charge in [-0.3, -0.25) is 0 Å². The smallest absolute Gasteiger partial charge is 0.358 e. The second-order valence-electron chi connectivity index (χ2n) is 5.19. The maximum Gasteiger partial charge on any atom is 0.358 e. The van der Waals surface area contributed by atoms with Crippen LogP contribution in [0.5, 0.6) is 5.75 Å². The minimum atomic E-state index is -0.493. The van der Waals surface area contributed by atoms with Crippen molar-refractivity contribution in [3.8, 4) is 5.75 Å². The van der Waals surface area contributed by atoms with E-state index in [1.165, 1.54) is 0 Å². The van der Waals surface area contributed by atoms with Gasteiger partial charge < -0.3 is 9.47 Å². The van der Waals surface area contributed by atoms with Crippen LogP contribution in [0.3, 0.4) is 0 Å². The summed E-state index contributed by atoms with van der Waals surface area (Å²) in [6.45, 7) is 2.01. The molecule has 2 aromatic heterocycles. The summed E-state index contributed by atoms with van der Waals surface area (Å²) >= 11 is 9.48. The third kappa shape index (κ3) is 3.62. The third-order valence-corrected chi connectivity index (χ3v) is 4.30. The SMILES string of the molecule is CCOC(=O)c1nc2ccc(Cl)nn2c1Cc1cc(Br)ccc1OC. The molecule has 0 amide bonds. The molecule has 0 saturated carbocycles. The van der Waals surface area contributed by atoms with Gasteiger partial charge in [-0.1, -0.05) is 27.5 Å². The van der Waals surface area contributed by atoms with Crippen LogP contribution in [0.2, 0.25) is 5.15 Å². The number of carbonyl (C=O) groups is 1. The van der Waals surface area contributed by atoms with Gasteiger partial charge in [0.25, 0.3) is 0 Å². The summed E-state index contributed by atoms with van der Waals surface area (Å²) in [5.41, 5.74) is 2.22. The van der Waals surface area contributed by atoms with Crippen molar-refractivity contribution in [1.29, 1.82) is 0 Å². The number of carbonyl (C=O) groups excluding carboxylic acids is 1. The summed E-state index contributed by atoms with van der Waals surface area (Å²) in [5, 5.41) is 4.58. The standard InChI is InChI=1S/C17H15BrClN3O3/c1-3-25-17(23)16-12(22-15(20-16)7-6-14(19)21-22)9-10-8-11(18)4-5-13(10)24-2/h4-8H,3,9H2,1-2H3. The van der Waals surface area contributed by atoms with Gasteiger partial charge in [-0.2, -0.15) is 5.10 Å². The Morgan fingerprint density at radius 1 is 1.32 bits per heavy atom. The first-order valence-corrected chi connectivity index (χ1v) is 8.74. The molecule has 3 aromatic rings. The van der Waals surface area contributed by atoms with Crippen LogP contribution in [-0.4, -0.2) is 34.3 Å². The van der Waals surface area contributed by atoms with Gasteiger partial charge in [0.15, 0.2) is 11.3 Å². The zero-order valence-corrected chi connectivity index (χ0v) is 16.0. The van der Waals surface area contributed by atoms with Crippen molar-refractivity contribution in [1.82, 2.24) is 14.6 Å². The van der Waals surface area contributed by atoms with Crippen molar-refractivity contribution >= 4 is 39.1 Å². The number of aromatic nitrogens is 3. The van der Waals surface area contributed by atoms with Crippen molar-refractivity contribution in [2.45, 2.75) is 13.3 Å². The van der Waals surface area contributed by atoms with Gasteiger partial charge in [0.05, 0.1) is 19.4 Å². The number of ether oxygens (including phenoxy) is 2. The molecule has 6 nitrogen and oxygen atoms in total. The number of benzene rings is 1. The average Bonchev–Trinajstić information content (AvgIpc) is 2.93. The van der Waals surface area contributed by atoms with E-state index in [1.807, 2.05) is 18.2 Å². The third-order valence-electron chi connectivity index (χ3n) is 3.61. The molecule has 0 bridgehead atoms. The highest BCUT2D eigenvalue weighted by Crippen LogP contribution is 2.27. The van der Waals surface area contributed by atoms with E-state index in [0.29, 0.717) is 28.7 Å². The van der Waals surface area contributed by atoms with Crippen molar-refractivity contribution in [3.63, 3.8) is 0 Å². The van der Waals surface area contributed by atoms with Crippen LogP contribution in [0, 0.1) is 0 Å². The van der Waals surface area contributed by atoms with Crippen LogP contribution in [-0.2, 0) is 11.2 Å². The highest BCUT2D eigenvalue weighted by atomic mass is 79.9. The number of nitrogens with zero attached hydrogens (tertiary/aromatic N) is 3. The number of hydrogen-bond donors (Lipinski definition) is 0. The molecule has 0 N–H and O–H groups in total. The molecule has 0 unspecified atom stereocenters. The summed E-state index contributed by atoms with van der Waals surface area (Å²) < 4.78 is 13.0. The molecule has 0 radical (unpaired) electrons. The Morgan fingerprint density at radius 2 is 2.12 bits per heavy atom. The number of hydrogen-bond acceptors (Lipinski definition) is 5. The summed E-state index contributed by atoms with van der Waals surface area (Å²) in [4.78, 5) is 16.7. The number of fused-ring (bicyclic) bond motifs is 1. The Bertz CT molecular complexity index is 942. The molecule has 0 aliphatic carbocycles. The van der Waals surface area contributed by atoms with Crippen LogP contribution in [0.1, 0.15) is 28.7 Å². The van der Waals surface area contributed by atoms with E-state index in [4.69, 9.17) is 21.1 Å². The summed E-state index contributed by atoms with van der Waals surface area (Å²) in [6.07, 6.45) is 0.380. The van der Waals surface area contributed by atoms with Crippen molar-refractivity contribution < 1.29 is 14.3 Å². The maximum atomic E-state index is 12.3. The lowest BCUT2D eigenvalue weighted by atomic mass is 10.1. The molecule has 130 valence electrons. The molecule has 8 heteroatoms. The molecule has 0 atom stereocenters. The zero-order chi connectivity index (χ0) is 18.0. The predicted molar refractivity (Wildman–Crippen MR) is 97.5 cm³/mol. The minimum Gasteiger partial charge on any atom is -0.496 e. The largest absolute Gasteiger partial charge is 0.496 e. The van der Waals surface area contributed by atoms with Crippen LogP contribution < -0.4 is 4.74 Å². The minimum absolute atomic E-state index is 0.221. The van der Waals surface area contributed by atoms with Gasteiger partial charge in [-0.05, 0) is 37.3 Å². The fourth-order valence-electron chi connectivity index (χ4n) is 2.54. The molecular formula is C17H15BrClN3O3. The van der Waals surface area contributed by atoms with Crippen LogP contribution in [0.15, 0.2) is 34.8 Å². The van der Waals surface area contributed by atoms with Crippen LogP contribution in [0.4, 0.5) is 0 Å². The van der Waals surface area contributed by atoms with Crippen LogP contribution >= 0.6 is 27.5 Å². The van der Waals surface area contributed by atoms with Gasteiger partial charge in [0.1, 0.15) is 10.9 Å². The average molecular weight is 425 g/mol. The Morgan fingerprint density at radius 3 is 2.84 bits per heavy atom. The maximum absolute atomic E-state index is 12.3. The molecule has 0 fully saturated rings. The van der Waals surface area contributed by atoms with Crippen molar-refractivity contribution in [2.75, 3.05) is 13.7 Å². The monoisotopic (exact) mass is 423 g/mol. The zero-order valence-electron chi connectivity index (χ0n) is 13.6. The fraction of sp³-hybridized carbons (Fsp3) is 0.235. The fourth-order valence-corrected chi connectivity index (χ4v) is 3.09. The summed E-state index contributed by atoms with van der Waals surface area (Å²) in [6, 6.07) is 9.00. The lowest BCUT2D eigenvalue weighted by molar-refractivity contribution is 0.0519. The normalized spacial score (nSPS) is 10.9. The molecule has 0 aliphatic rings. The molecule has 1 aromatic carbocycles. The highest BCUT2D eigenvalue weighted by Gasteiger charge is 2.22. The number of imidazole rings is 1. The van der Waals surface area contributed by atoms with E-state index in [-0.39, 0.29) is 12.3 Å². The summed E-state index contributed by atoms with van der Waals surface area (Å²) in [7, 11) is 1.60. The molecule has 25 heavy (non-hydrogen) atoms. The van der Waals surface area contributed by atoms with E-state index in [9.17, 15) is 4.79 Å². The first-order chi connectivity index (χ1) is 12.0. The number of esters is 1. The molecule has 0 saturated heterocycles. The van der Waals surface area contributed by atoms with E-state index in [1.54, 1.807) is 30.7 Å².